The van der Waals surface area contributed by atoms with Crippen LogP contribution in [0.25, 0.3) is 0 Å². The summed E-state index contributed by atoms with van der Waals surface area (Å²) in [5, 5.41) is 2.50. The van der Waals surface area contributed by atoms with Gasteiger partial charge in [0.15, 0.2) is 0 Å². The van der Waals surface area contributed by atoms with E-state index < -0.39 is 17.6 Å². The molecule has 1 aromatic heterocycles. The molecule has 1 atom stereocenters. The third-order valence-corrected chi connectivity index (χ3v) is 4.50. The Kier molecular flexibility index (Phi) is 5.41. The van der Waals surface area contributed by atoms with E-state index in [9.17, 15) is 18.0 Å². The summed E-state index contributed by atoms with van der Waals surface area (Å²) in [6.07, 6.45) is -1.24. The van der Waals surface area contributed by atoms with Crippen LogP contribution in [0.3, 0.4) is 0 Å². The molecular formula is C16H16F3NO2S. The monoisotopic (exact) mass is 343 g/mol. The number of rotatable bonds is 5. The summed E-state index contributed by atoms with van der Waals surface area (Å²) < 4.78 is 44.5. The molecule has 0 saturated carbocycles. The molecule has 1 aromatic carbocycles. The summed E-state index contributed by atoms with van der Waals surface area (Å²) in [5.41, 5.74) is -0.962. The number of nitrogens with one attached hydrogen (secondary N) is 1. The van der Waals surface area contributed by atoms with Gasteiger partial charge in [0.2, 0.25) is 0 Å². The second-order valence-electron chi connectivity index (χ2n) is 5.01. The van der Waals surface area contributed by atoms with Crippen molar-refractivity contribution in [2.75, 3.05) is 5.32 Å². The Morgan fingerprint density at radius 2 is 2.09 bits per heavy atom. The van der Waals surface area contributed by atoms with Crippen molar-refractivity contribution in [3.63, 3.8) is 0 Å². The number of amides is 1. The molecule has 0 saturated heterocycles. The Morgan fingerprint density at radius 1 is 1.35 bits per heavy atom. The summed E-state index contributed by atoms with van der Waals surface area (Å²) in [5.74, 6) is -0.647. The van der Waals surface area contributed by atoms with Gasteiger partial charge in [-0.05, 0) is 30.7 Å². The third-order valence-electron chi connectivity index (χ3n) is 3.24. The van der Waals surface area contributed by atoms with Gasteiger partial charge in [0.25, 0.3) is 5.91 Å². The average Bonchev–Trinajstić information content (AvgIpc) is 3.02. The van der Waals surface area contributed by atoms with Crippen LogP contribution in [-0.2, 0) is 6.18 Å². The summed E-state index contributed by atoms with van der Waals surface area (Å²) in [6.45, 7) is 3.92. The molecule has 0 bridgehead atoms. The van der Waals surface area contributed by atoms with Crippen molar-refractivity contribution in [1.82, 2.24) is 0 Å². The molecule has 7 heteroatoms. The summed E-state index contributed by atoms with van der Waals surface area (Å²) in [7, 11) is 0. The zero-order valence-corrected chi connectivity index (χ0v) is 13.4. The average molecular weight is 343 g/mol. The molecule has 1 unspecified atom stereocenters. The van der Waals surface area contributed by atoms with E-state index in [4.69, 9.17) is 4.42 Å². The maximum absolute atomic E-state index is 13.3. The highest BCUT2D eigenvalue weighted by Crippen LogP contribution is 2.38. The Bertz CT molecular complexity index is 668. The SMILES string of the molecule is CCC(C)Sc1ccc(NC(=O)c2ccoc2)c(C(F)(F)F)c1. The zero-order chi connectivity index (χ0) is 17.0. The third kappa shape index (κ3) is 4.54. The van der Waals surface area contributed by atoms with Gasteiger partial charge in [0.1, 0.15) is 6.26 Å². The lowest BCUT2D eigenvalue weighted by Crippen LogP contribution is -2.16. The second kappa shape index (κ2) is 7.12. The minimum Gasteiger partial charge on any atom is -0.472 e. The molecule has 1 heterocycles. The van der Waals surface area contributed by atoms with Gasteiger partial charge in [0.05, 0.1) is 23.1 Å². The van der Waals surface area contributed by atoms with E-state index in [0.29, 0.717) is 4.90 Å². The lowest BCUT2D eigenvalue weighted by molar-refractivity contribution is -0.137. The molecule has 124 valence electrons. The molecule has 2 rings (SSSR count). The molecule has 0 aliphatic carbocycles. The van der Waals surface area contributed by atoms with Gasteiger partial charge in [-0.1, -0.05) is 13.8 Å². The number of carbonyl (C=O) groups is 1. The van der Waals surface area contributed by atoms with Crippen LogP contribution < -0.4 is 5.32 Å². The van der Waals surface area contributed by atoms with E-state index in [-0.39, 0.29) is 16.5 Å². The van der Waals surface area contributed by atoms with Gasteiger partial charge >= 0.3 is 6.18 Å². The predicted molar refractivity (Wildman–Crippen MR) is 83.7 cm³/mol. The molecule has 1 N–H and O–H groups in total. The molecule has 0 fully saturated rings. The van der Waals surface area contributed by atoms with Crippen LogP contribution in [0, 0.1) is 0 Å². The van der Waals surface area contributed by atoms with E-state index in [1.54, 1.807) is 6.07 Å². The molecule has 0 aliphatic rings. The maximum atomic E-state index is 13.3. The van der Waals surface area contributed by atoms with Crippen LogP contribution in [0.1, 0.15) is 36.2 Å². The van der Waals surface area contributed by atoms with Crippen molar-refractivity contribution in [2.24, 2.45) is 0 Å². The van der Waals surface area contributed by atoms with E-state index >= 15 is 0 Å². The highest BCUT2D eigenvalue weighted by Gasteiger charge is 2.34. The van der Waals surface area contributed by atoms with Crippen LogP contribution in [-0.4, -0.2) is 11.2 Å². The first-order valence-corrected chi connectivity index (χ1v) is 7.90. The van der Waals surface area contributed by atoms with Crippen LogP contribution in [0.2, 0.25) is 0 Å². The topological polar surface area (TPSA) is 42.2 Å². The number of alkyl halides is 3. The van der Waals surface area contributed by atoms with Crippen molar-refractivity contribution >= 4 is 23.4 Å². The van der Waals surface area contributed by atoms with Crippen LogP contribution >= 0.6 is 11.8 Å². The second-order valence-corrected chi connectivity index (χ2v) is 6.52. The highest BCUT2D eigenvalue weighted by molar-refractivity contribution is 7.99. The van der Waals surface area contributed by atoms with Crippen molar-refractivity contribution < 1.29 is 22.4 Å². The van der Waals surface area contributed by atoms with Crippen molar-refractivity contribution in [3.05, 3.63) is 47.9 Å². The lowest BCUT2D eigenvalue weighted by atomic mass is 10.1. The number of furan rings is 1. The Morgan fingerprint density at radius 3 is 2.65 bits per heavy atom. The Hall–Kier alpha value is -1.89. The molecule has 3 nitrogen and oxygen atoms in total. The maximum Gasteiger partial charge on any atom is 0.418 e. The summed E-state index contributed by atoms with van der Waals surface area (Å²) in [4.78, 5) is 12.4. The molecule has 0 aliphatic heterocycles. The van der Waals surface area contributed by atoms with E-state index in [1.807, 2.05) is 13.8 Å². The number of carbonyl (C=O) groups excluding carboxylic acids is 1. The van der Waals surface area contributed by atoms with Crippen molar-refractivity contribution in [1.29, 1.82) is 0 Å². The van der Waals surface area contributed by atoms with Gasteiger partial charge in [-0.2, -0.15) is 13.2 Å². The van der Waals surface area contributed by atoms with Gasteiger partial charge in [-0.25, -0.2) is 0 Å². The minimum atomic E-state index is -4.55. The molecule has 0 spiro atoms. The Labute approximate surface area is 136 Å². The summed E-state index contributed by atoms with van der Waals surface area (Å²) in [6, 6.07) is 5.32. The lowest BCUT2D eigenvalue weighted by Gasteiger charge is -2.16. The number of hydrogen-bond acceptors (Lipinski definition) is 3. The fraction of sp³-hybridized carbons (Fsp3) is 0.312. The van der Waals surface area contributed by atoms with Crippen LogP contribution in [0.5, 0.6) is 0 Å². The van der Waals surface area contributed by atoms with Crippen LogP contribution in [0.15, 0.2) is 46.1 Å². The number of hydrogen-bond donors (Lipinski definition) is 1. The molecule has 2 aromatic rings. The minimum absolute atomic E-state index is 0.163. The number of benzene rings is 1. The van der Waals surface area contributed by atoms with Gasteiger partial charge in [-0.3, -0.25) is 4.79 Å². The quantitative estimate of drug-likeness (QED) is 0.735. The van der Waals surface area contributed by atoms with E-state index in [0.717, 1.165) is 12.5 Å². The normalized spacial score (nSPS) is 12.9. The first-order valence-electron chi connectivity index (χ1n) is 7.02. The number of halogens is 3. The predicted octanol–water partition coefficient (Wildman–Crippen LogP) is 5.44. The van der Waals surface area contributed by atoms with Gasteiger partial charge in [0, 0.05) is 10.1 Å². The molecule has 23 heavy (non-hydrogen) atoms. The van der Waals surface area contributed by atoms with Gasteiger partial charge in [-0.15, -0.1) is 11.8 Å². The molecule has 1 amide bonds. The molecular weight excluding hydrogens is 327 g/mol. The highest BCUT2D eigenvalue weighted by atomic mass is 32.2. The smallest absolute Gasteiger partial charge is 0.418 e. The standard InChI is InChI=1S/C16H16F3NO2S/c1-3-10(2)23-12-4-5-14(13(8-12)16(17,18)19)20-15(21)11-6-7-22-9-11/h4-10H,3H2,1-2H3,(H,20,21). The van der Waals surface area contributed by atoms with Crippen molar-refractivity contribution in [2.45, 2.75) is 36.6 Å². The molecule has 0 radical (unpaired) electrons. The first-order chi connectivity index (χ1) is 10.8. The number of thioether (sulfide) groups is 1. The zero-order valence-electron chi connectivity index (χ0n) is 12.6. The summed E-state index contributed by atoms with van der Waals surface area (Å²) >= 11 is 1.37. The fourth-order valence-corrected chi connectivity index (χ4v) is 2.81. The van der Waals surface area contributed by atoms with Gasteiger partial charge < -0.3 is 9.73 Å². The first kappa shape index (κ1) is 17.5. The largest absolute Gasteiger partial charge is 0.472 e. The van der Waals surface area contributed by atoms with Crippen LogP contribution in [0.4, 0.5) is 18.9 Å². The number of anilines is 1. The fourth-order valence-electron chi connectivity index (χ4n) is 1.84. The Balaban J connectivity index is 2.29. The van der Waals surface area contributed by atoms with E-state index in [2.05, 4.69) is 5.32 Å². The van der Waals surface area contributed by atoms with Crippen molar-refractivity contribution in [3.8, 4) is 0 Å². The van der Waals surface area contributed by atoms with E-state index in [1.165, 1.54) is 36.4 Å².